The smallest absolute Gasteiger partial charge is 0.209 e. The molecule has 102 valence electrons. The Morgan fingerprint density at radius 1 is 1.21 bits per heavy atom. The Bertz CT molecular complexity index is 544. The molecule has 0 saturated heterocycles. The summed E-state index contributed by atoms with van der Waals surface area (Å²) in [5, 5.41) is 29.5. The van der Waals surface area contributed by atoms with Crippen molar-refractivity contribution in [3.05, 3.63) is 47.0 Å². The summed E-state index contributed by atoms with van der Waals surface area (Å²) in [5.74, 6) is -3.01. The molecule has 0 saturated carbocycles. The molecule has 19 heavy (non-hydrogen) atoms. The molecular formula is C14H16O5. The standard InChI is InChI=1S/C14H16O5/c1-4-5-6-7-9(15)10-11(16)8(2)12(17)14(3,19)13(10)18/h4-7,15-16,19H,1-3H3/b5-4+,7-6+,10-9-/t14-/m1/s1. The van der Waals surface area contributed by atoms with E-state index in [9.17, 15) is 24.9 Å². The van der Waals surface area contributed by atoms with Crippen molar-refractivity contribution in [2.45, 2.75) is 26.4 Å². The lowest BCUT2D eigenvalue weighted by Crippen LogP contribution is -2.48. The second-order valence-corrected chi connectivity index (χ2v) is 4.35. The number of rotatable bonds is 2. The van der Waals surface area contributed by atoms with Crippen LogP contribution in [0.1, 0.15) is 20.8 Å². The molecule has 1 aliphatic carbocycles. The molecule has 5 heteroatoms. The van der Waals surface area contributed by atoms with Crippen molar-refractivity contribution in [3.63, 3.8) is 0 Å². The maximum absolute atomic E-state index is 12.0. The number of hydrogen-bond donors (Lipinski definition) is 3. The van der Waals surface area contributed by atoms with E-state index in [1.165, 1.54) is 19.1 Å². The molecule has 0 unspecified atom stereocenters. The van der Waals surface area contributed by atoms with Crippen LogP contribution in [0.3, 0.4) is 0 Å². The number of carbonyl (C=O) groups excluding carboxylic acids is 2. The van der Waals surface area contributed by atoms with Crippen LogP contribution in [0.5, 0.6) is 0 Å². The molecule has 1 atom stereocenters. The summed E-state index contributed by atoms with van der Waals surface area (Å²) < 4.78 is 0. The van der Waals surface area contributed by atoms with E-state index in [0.29, 0.717) is 0 Å². The fourth-order valence-corrected chi connectivity index (χ4v) is 1.69. The first-order chi connectivity index (χ1) is 8.75. The van der Waals surface area contributed by atoms with Gasteiger partial charge in [0, 0.05) is 5.57 Å². The Balaban J connectivity index is 3.46. The molecule has 0 aromatic carbocycles. The van der Waals surface area contributed by atoms with Gasteiger partial charge in [-0.15, -0.1) is 0 Å². The third-order valence-corrected chi connectivity index (χ3v) is 2.86. The zero-order valence-electron chi connectivity index (χ0n) is 11.0. The molecule has 0 bridgehead atoms. The molecule has 0 aromatic rings. The quantitative estimate of drug-likeness (QED) is 0.305. The van der Waals surface area contributed by atoms with Crippen molar-refractivity contribution < 1.29 is 24.9 Å². The van der Waals surface area contributed by atoms with Gasteiger partial charge >= 0.3 is 0 Å². The Morgan fingerprint density at radius 3 is 2.32 bits per heavy atom. The van der Waals surface area contributed by atoms with Gasteiger partial charge in [-0.25, -0.2) is 0 Å². The van der Waals surface area contributed by atoms with Gasteiger partial charge in [0.25, 0.3) is 0 Å². The molecule has 0 radical (unpaired) electrons. The number of allylic oxidation sites excluding steroid dienone is 5. The number of hydrogen-bond acceptors (Lipinski definition) is 5. The first-order valence-corrected chi connectivity index (χ1v) is 5.70. The van der Waals surface area contributed by atoms with Crippen molar-refractivity contribution in [2.75, 3.05) is 0 Å². The van der Waals surface area contributed by atoms with Gasteiger partial charge in [0.2, 0.25) is 11.6 Å². The molecule has 3 N–H and O–H groups in total. The molecule has 0 amide bonds. The van der Waals surface area contributed by atoms with Gasteiger partial charge in [-0.05, 0) is 26.8 Å². The zero-order chi connectivity index (χ0) is 14.8. The molecule has 1 rings (SSSR count). The average molecular weight is 264 g/mol. The van der Waals surface area contributed by atoms with E-state index in [4.69, 9.17) is 0 Å². The molecule has 0 aromatic heterocycles. The highest BCUT2D eigenvalue weighted by atomic mass is 16.3. The zero-order valence-corrected chi connectivity index (χ0v) is 11.0. The summed E-state index contributed by atoms with van der Waals surface area (Å²) in [6.45, 7) is 4.09. The number of ketones is 2. The third-order valence-electron chi connectivity index (χ3n) is 2.86. The molecule has 0 spiro atoms. The average Bonchev–Trinajstić information content (AvgIpc) is 2.35. The first-order valence-electron chi connectivity index (χ1n) is 5.70. The second-order valence-electron chi connectivity index (χ2n) is 4.35. The highest BCUT2D eigenvalue weighted by molar-refractivity contribution is 6.26. The van der Waals surface area contributed by atoms with Gasteiger partial charge in [0.1, 0.15) is 17.1 Å². The van der Waals surface area contributed by atoms with Crippen LogP contribution >= 0.6 is 0 Å². The van der Waals surface area contributed by atoms with Crippen LogP contribution in [0.25, 0.3) is 0 Å². The summed E-state index contributed by atoms with van der Waals surface area (Å²) in [5.41, 5.74) is -2.89. The number of aliphatic hydroxyl groups excluding tert-OH is 2. The van der Waals surface area contributed by atoms with Crippen LogP contribution in [0.4, 0.5) is 0 Å². The van der Waals surface area contributed by atoms with Crippen LogP contribution in [0, 0.1) is 0 Å². The van der Waals surface area contributed by atoms with Crippen molar-refractivity contribution in [1.29, 1.82) is 0 Å². The topological polar surface area (TPSA) is 94.8 Å². The van der Waals surface area contributed by atoms with Gasteiger partial charge in [0.05, 0.1) is 0 Å². The minimum atomic E-state index is -2.27. The van der Waals surface area contributed by atoms with Gasteiger partial charge in [-0.1, -0.05) is 18.2 Å². The SMILES string of the molecule is C/C=C/C=C/C(O)=C1/C(=O)[C@](C)(O)C(=O)C(C)=C1O. The minimum Gasteiger partial charge on any atom is -0.507 e. The molecule has 1 aliphatic rings. The summed E-state index contributed by atoms with van der Waals surface area (Å²) in [7, 11) is 0. The van der Waals surface area contributed by atoms with Crippen LogP contribution < -0.4 is 0 Å². The molecule has 0 heterocycles. The van der Waals surface area contributed by atoms with E-state index in [1.54, 1.807) is 19.1 Å². The number of carbonyl (C=O) groups is 2. The molecule has 0 aliphatic heterocycles. The largest absolute Gasteiger partial charge is 0.507 e. The van der Waals surface area contributed by atoms with Gasteiger partial charge in [-0.3, -0.25) is 9.59 Å². The van der Waals surface area contributed by atoms with E-state index < -0.39 is 34.3 Å². The predicted molar refractivity (Wildman–Crippen MR) is 69.6 cm³/mol. The molecular weight excluding hydrogens is 248 g/mol. The van der Waals surface area contributed by atoms with Gasteiger partial charge in [-0.2, -0.15) is 0 Å². The summed E-state index contributed by atoms with van der Waals surface area (Å²) in [6.07, 6.45) is 5.98. The number of Topliss-reactive ketones (excluding diaryl/α,β-unsaturated/α-hetero) is 2. The van der Waals surface area contributed by atoms with Gasteiger partial charge < -0.3 is 15.3 Å². The van der Waals surface area contributed by atoms with E-state index in [2.05, 4.69) is 0 Å². The molecule has 0 fully saturated rings. The van der Waals surface area contributed by atoms with Crippen LogP contribution in [-0.2, 0) is 9.59 Å². The fraction of sp³-hybridized carbons (Fsp3) is 0.286. The lowest BCUT2D eigenvalue weighted by molar-refractivity contribution is -0.145. The lowest BCUT2D eigenvalue weighted by atomic mass is 9.79. The van der Waals surface area contributed by atoms with E-state index in [0.717, 1.165) is 6.92 Å². The Labute approximate surface area is 110 Å². The number of aliphatic hydroxyl groups is 3. The maximum atomic E-state index is 12.0. The monoisotopic (exact) mass is 264 g/mol. The lowest BCUT2D eigenvalue weighted by Gasteiger charge is -2.27. The minimum absolute atomic E-state index is 0.161. The predicted octanol–water partition coefficient (Wildman–Crippen LogP) is 1.67. The van der Waals surface area contributed by atoms with Crippen molar-refractivity contribution in [3.8, 4) is 0 Å². The van der Waals surface area contributed by atoms with Gasteiger partial charge in [0.15, 0.2) is 5.60 Å². The summed E-state index contributed by atoms with van der Waals surface area (Å²) in [6, 6.07) is 0. The van der Waals surface area contributed by atoms with E-state index in [-0.39, 0.29) is 5.57 Å². The van der Waals surface area contributed by atoms with Crippen molar-refractivity contribution >= 4 is 11.6 Å². The van der Waals surface area contributed by atoms with E-state index >= 15 is 0 Å². The normalized spacial score (nSPS) is 27.8. The molecule has 5 nitrogen and oxygen atoms in total. The van der Waals surface area contributed by atoms with E-state index in [1.807, 2.05) is 0 Å². The Hall–Kier alpha value is -2.14. The summed E-state index contributed by atoms with van der Waals surface area (Å²) >= 11 is 0. The van der Waals surface area contributed by atoms with Crippen LogP contribution in [-0.4, -0.2) is 32.5 Å². The highest BCUT2D eigenvalue weighted by Gasteiger charge is 2.48. The summed E-state index contributed by atoms with van der Waals surface area (Å²) in [4.78, 5) is 23.6. The van der Waals surface area contributed by atoms with Crippen LogP contribution in [0.15, 0.2) is 47.0 Å². The van der Waals surface area contributed by atoms with Crippen molar-refractivity contribution in [2.24, 2.45) is 0 Å². The first kappa shape index (κ1) is 14.9. The third kappa shape index (κ3) is 2.51. The Kier molecular flexibility index (Phi) is 4.11. The fourth-order valence-electron chi connectivity index (χ4n) is 1.69. The van der Waals surface area contributed by atoms with Crippen molar-refractivity contribution in [1.82, 2.24) is 0 Å². The Morgan fingerprint density at radius 2 is 1.79 bits per heavy atom. The second kappa shape index (κ2) is 5.24. The van der Waals surface area contributed by atoms with Crippen LogP contribution in [0.2, 0.25) is 0 Å². The maximum Gasteiger partial charge on any atom is 0.209 e. The highest BCUT2D eigenvalue weighted by Crippen LogP contribution is 2.31.